The molecule has 110 valence electrons. The second-order valence-electron chi connectivity index (χ2n) is 6.44. The van der Waals surface area contributed by atoms with E-state index in [1.807, 2.05) is 0 Å². The number of benzene rings is 1. The number of aryl methyl sites for hydroxylation is 1. The smallest absolute Gasteiger partial charge is 0.0373 e. The number of nitrogens with zero attached hydrogens (tertiary/aromatic N) is 1. The third-order valence-corrected chi connectivity index (χ3v) is 5.03. The standard InChI is InChI=1S/C18H28N2/c1-3-10-19-15-12-17-8-9-18(13-15)20(17)16-7-5-6-14(4-2)11-16/h5-7,11,15,17-19H,3-4,8-10,12-13H2,1-2H3. The third kappa shape index (κ3) is 2.71. The topological polar surface area (TPSA) is 15.3 Å². The van der Waals surface area contributed by atoms with E-state index in [1.54, 1.807) is 0 Å². The predicted octanol–water partition coefficient (Wildman–Crippen LogP) is 3.75. The molecule has 0 amide bonds. The van der Waals surface area contributed by atoms with Crippen molar-refractivity contribution in [2.24, 2.45) is 0 Å². The summed E-state index contributed by atoms with van der Waals surface area (Å²) in [4.78, 5) is 2.73. The van der Waals surface area contributed by atoms with Gasteiger partial charge in [-0.2, -0.15) is 0 Å². The van der Waals surface area contributed by atoms with Gasteiger partial charge in [-0.1, -0.05) is 26.0 Å². The molecule has 2 heterocycles. The fraction of sp³-hybridized carbons (Fsp3) is 0.667. The molecule has 2 heteroatoms. The molecule has 2 aliphatic heterocycles. The Morgan fingerprint density at radius 1 is 1.15 bits per heavy atom. The molecule has 0 aromatic heterocycles. The molecular formula is C18H28N2. The fourth-order valence-corrected chi connectivity index (χ4v) is 4.05. The quantitative estimate of drug-likeness (QED) is 0.878. The van der Waals surface area contributed by atoms with Crippen LogP contribution in [0.15, 0.2) is 24.3 Å². The van der Waals surface area contributed by atoms with Crippen molar-refractivity contribution in [2.75, 3.05) is 11.4 Å². The highest BCUT2D eigenvalue weighted by molar-refractivity contribution is 5.52. The van der Waals surface area contributed by atoms with E-state index in [9.17, 15) is 0 Å². The Morgan fingerprint density at radius 3 is 2.55 bits per heavy atom. The van der Waals surface area contributed by atoms with E-state index in [-0.39, 0.29) is 0 Å². The average Bonchev–Trinajstić information content (AvgIpc) is 2.76. The molecule has 1 aromatic carbocycles. The zero-order valence-corrected chi connectivity index (χ0v) is 12.9. The maximum Gasteiger partial charge on any atom is 0.0373 e. The number of nitrogens with one attached hydrogen (secondary N) is 1. The molecule has 1 aromatic rings. The molecule has 20 heavy (non-hydrogen) atoms. The van der Waals surface area contributed by atoms with Gasteiger partial charge in [-0.3, -0.25) is 0 Å². The van der Waals surface area contributed by atoms with Crippen LogP contribution >= 0.6 is 0 Å². The number of hydrogen-bond acceptors (Lipinski definition) is 2. The lowest BCUT2D eigenvalue weighted by Gasteiger charge is -2.41. The van der Waals surface area contributed by atoms with Crippen LogP contribution in [-0.4, -0.2) is 24.7 Å². The van der Waals surface area contributed by atoms with Crippen LogP contribution in [0.2, 0.25) is 0 Å². The van der Waals surface area contributed by atoms with E-state index in [1.165, 1.54) is 49.9 Å². The lowest BCUT2D eigenvalue weighted by molar-refractivity contribution is 0.356. The fourth-order valence-electron chi connectivity index (χ4n) is 4.05. The van der Waals surface area contributed by atoms with Gasteiger partial charge in [0.1, 0.15) is 0 Å². The summed E-state index contributed by atoms with van der Waals surface area (Å²) in [5.41, 5.74) is 2.93. The van der Waals surface area contributed by atoms with Crippen LogP contribution in [0.5, 0.6) is 0 Å². The molecule has 2 aliphatic rings. The Hall–Kier alpha value is -1.02. The summed E-state index contributed by atoms with van der Waals surface area (Å²) in [7, 11) is 0. The van der Waals surface area contributed by atoms with Gasteiger partial charge < -0.3 is 10.2 Å². The van der Waals surface area contributed by atoms with E-state index >= 15 is 0 Å². The first-order chi connectivity index (χ1) is 9.81. The Labute approximate surface area is 123 Å². The average molecular weight is 272 g/mol. The van der Waals surface area contributed by atoms with Crippen molar-refractivity contribution in [1.29, 1.82) is 0 Å². The van der Waals surface area contributed by atoms with Crippen molar-refractivity contribution >= 4 is 5.69 Å². The molecule has 2 atom stereocenters. The van der Waals surface area contributed by atoms with E-state index in [4.69, 9.17) is 0 Å². The second-order valence-corrected chi connectivity index (χ2v) is 6.44. The molecule has 2 unspecified atom stereocenters. The first-order valence-electron chi connectivity index (χ1n) is 8.42. The van der Waals surface area contributed by atoms with Crippen molar-refractivity contribution < 1.29 is 0 Å². The molecule has 2 saturated heterocycles. The Bertz CT molecular complexity index is 429. The highest BCUT2D eigenvalue weighted by Crippen LogP contribution is 2.39. The molecule has 0 spiro atoms. The van der Waals surface area contributed by atoms with Crippen LogP contribution in [0.1, 0.15) is 51.5 Å². The van der Waals surface area contributed by atoms with E-state index in [0.717, 1.165) is 24.5 Å². The number of rotatable bonds is 5. The van der Waals surface area contributed by atoms with Gasteiger partial charge in [0, 0.05) is 23.8 Å². The minimum absolute atomic E-state index is 0.748. The summed E-state index contributed by atoms with van der Waals surface area (Å²) in [6.07, 6.45) is 7.79. The molecule has 3 rings (SSSR count). The molecule has 2 bridgehead atoms. The number of piperidine rings is 1. The SMILES string of the molecule is CCCNC1CC2CCC(C1)N2c1cccc(CC)c1. The van der Waals surface area contributed by atoms with E-state index in [0.29, 0.717) is 0 Å². The van der Waals surface area contributed by atoms with Gasteiger partial charge in [0.25, 0.3) is 0 Å². The number of fused-ring (bicyclic) bond motifs is 2. The van der Waals surface area contributed by atoms with Gasteiger partial charge in [-0.05, 0) is 62.8 Å². The first-order valence-corrected chi connectivity index (χ1v) is 8.42. The van der Waals surface area contributed by atoms with Crippen molar-refractivity contribution in [3.8, 4) is 0 Å². The van der Waals surface area contributed by atoms with Crippen molar-refractivity contribution in [3.63, 3.8) is 0 Å². The zero-order chi connectivity index (χ0) is 13.9. The Morgan fingerprint density at radius 2 is 1.90 bits per heavy atom. The van der Waals surface area contributed by atoms with Crippen LogP contribution in [0.3, 0.4) is 0 Å². The summed E-state index contributed by atoms with van der Waals surface area (Å²) in [6, 6.07) is 11.5. The maximum atomic E-state index is 3.74. The molecular weight excluding hydrogens is 244 g/mol. The zero-order valence-electron chi connectivity index (χ0n) is 12.9. The lowest BCUT2D eigenvalue weighted by atomic mass is 9.96. The van der Waals surface area contributed by atoms with Crippen LogP contribution in [-0.2, 0) is 6.42 Å². The normalized spacial score (nSPS) is 28.9. The highest BCUT2D eigenvalue weighted by Gasteiger charge is 2.40. The summed E-state index contributed by atoms with van der Waals surface area (Å²) >= 11 is 0. The Kier molecular flexibility index (Phi) is 4.30. The summed E-state index contributed by atoms with van der Waals surface area (Å²) < 4.78 is 0. The van der Waals surface area contributed by atoms with Crippen LogP contribution in [0.4, 0.5) is 5.69 Å². The van der Waals surface area contributed by atoms with Crippen molar-refractivity contribution in [1.82, 2.24) is 5.32 Å². The third-order valence-electron chi connectivity index (χ3n) is 5.03. The van der Waals surface area contributed by atoms with Gasteiger partial charge in [-0.25, -0.2) is 0 Å². The highest BCUT2D eigenvalue weighted by atomic mass is 15.2. The van der Waals surface area contributed by atoms with Crippen LogP contribution in [0.25, 0.3) is 0 Å². The van der Waals surface area contributed by atoms with Crippen molar-refractivity contribution in [3.05, 3.63) is 29.8 Å². The predicted molar refractivity (Wildman–Crippen MR) is 86.4 cm³/mol. The molecule has 0 aliphatic carbocycles. The van der Waals surface area contributed by atoms with Gasteiger partial charge >= 0.3 is 0 Å². The second kappa shape index (κ2) is 6.17. The number of hydrogen-bond donors (Lipinski definition) is 1. The van der Waals surface area contributed by atoms with E-state index < -0.39 is 0 Å². The Balaban J connectivity index is 1.73. The molecule has 1 N–H and O–H groups in total. The lowest BCUT2D eigenvalue weighted by Crippen LogP contribution is -2.49. The van der Waals surface area contributed by atoms with Gasteiger partial charge in [0.2, 0.25) is 0 Å². The largest absolute Gasteiger partial charge is 0.365 e. The van der Waals surface area contributed by atoms with E-state index in [2.05, 4.69) is 48.3 Å². The molecule has 0 radical (unpaired) electrons. The van der Waals surface area contributed by atoms with Crippen molar-refractivity contribution in [2.45, 2.75) is 70.5 Å². The molecule has 0 saturated carbocycles. The molecule has 2 fully saturated rings. The van der Waals surface area contributed by atoms with Gasteiger partial charge in [-0.15, -0.1) is 0 Å². The summed E-state index contributed by atoms with van der Waals surface area (Å²) in [5, 5.41) is 3.74. The first kappa shape index (κ1) is 13.9. The van der Waals surface area contributed by atoms with Gasteiger partial charge in [0.05, 0.1) is 0 Å². The monoisotopic (exact) mass is 272 g/mol. The minimum Gasteiger partial charge on any atom is -0.365 e. The van der Waals surface area contributed by atoms with Crippen LogP contribution < -0.4 is 10.2 Å². The minimum atomic E-state index is 0.748. The molecule has 2 nitrogen and oxygen atoms in total. The van der Waals surface area contributed by atoms with Gasteiger partial charge in [0.15, 0.2) is 0 Å². The summed E-state index contributed by atoms with van der Waals surface area (Å²) in [5.74, 6) is 0. The number of anilines is 1. The maximum absolute atomic E-state index is 3.74. The van der Waals surface area contributed by atoms with Crippen LogP contribution in [0, 0.1) is 0 Å². The summed E-state index contributed by atoms with van der Waals surface area (Å²) in [6.45, 7) is 5.68.